The SMILES string of the molecule is CCNC(=NCc1cccc(-c2ccccn2)c1)N1CCC(C(=O)OC)CC1.I. The third-order valence-electron chi connectivity index (χ3n) is 4.96. The molecule has 29 heavy (non-hydrogen) atoms. The van der Waals surface area contributed by atoms with Gasteiger partial charge in [-0.3, -0.25) is 9.78 Å². The van der Waals surface area contributed by atoms with E-state index < -0.39 is 0 Å². The van der Waals surface area contributed by atoms with E-state index in [1.807, 2.05) is 24.3 Å². The van der Waals surface area contributed by atoms with Crippen molar-refractivity contribution in [1.82, 2.24) is 15.2 Å². The fourth-order valence-electron chi connectivity index (χ4n) is 3.45. The molecule has 1 aromatic heterocycles. The number of benzene rings is 1. The lowest BCUT2D eigenvalue weighted by Gasteiger charge is -2.33. The number of carbonyl (C=O) groups excluding carboxylic acids is 1. The summed E-state index contributed by atoms with van der Waals surface area (Å²) in [5.41, 5.74) is 3.20. The first-order chi connectivity index (χ1) is 13.7. The first kappa shape index (κ1) is 23.1. The van der Waals surface area contributed by atoms with E-state index in [2.05, 4.69) is 40.3 Å². The van der Waals surface area contributed by atoms with Crippen molar-refractivity contribution in [3.05, 3.63) is 54.2 Å². The van der Waals surface area contributed by atoms with Crippen LogP contribution in [0.1, 0.15) is 25.3 Å². The molecule has 0 aliphatic carbocycles. The lowest BCUT2D eigenvalue weighted by atomic mass is 9.97. The van der Waals surface area contributed by atoms with Gasteiger partial charge in [0.2, 0.25) is 0 Å². The lowest BCUT2D eigenvalue weighted by Crippen LogP contribution is -2.46. The number of piperidine rings is 1. The van der Waals surface area contributed by atoms with Crippen LogP contribution in [-0.2, 0) is 16.1 Å². The number of rotatable bonds is 5. The van der Waals surface area contributed by atoms with Gasteiger partial charge in [-0.15, -0.1) is 24.0 Å². The summed E-state index contributed by atoms with van der Waals surface area (Å²) in [6.07, 6.45) is 3.40. The van der Waals surface area contributed by atoms with Crippen molar-refractivity contribution in [2.75, 3.05) is 26.7 Å². The maximum absolute atomic E-state index is 11.7. The molecule has 1 aliphatic heterocycles. The minimum atomic E-state index is -0.104. The number of nitrogens with zero attached hydrogens (tertiary/aromatic N) is 3. The van der Waals surface area contributed by atoms with Crippen LogP contribution in [0.25, 0.3) is 11.3 Å². The van der Waals surface area contributed by atoms with Gasteiger partial charge >= 0.3 is 5.97 Å². The highest BCUT2D eigenvalue weighted by atomic mass is 127. The summed E-state index contributed by atoms with van der Waals surface area (Å²) in [5.74, 6) is 0.793. The zero-order valence-electron chi connectivity index (χ0n) is 17.0. The molecule has 0 unspecified atom stereocenters. The van der Waals surface area contributed by atoms with Crippen LogP contribution in [0.15, 0.2) is 53.7 Å². The Morgan fingerprint density at radius 1 is 1.24 bits per heavy atom. The number of likely N-dealkylation sites (tertiary alicyclic amines) is 1. The van der Waals surface area contributed by atoms with Crippen molar-refractivity contribution in [2.24, 2.45) is 10.9 Å². The van der Waals surface area contributed by atoms with Crippen LogP contribution in [0.4, 0.5) is 0 Å². The molecule has 0 atom stereocenters. The molecule has 0 amide bonds. The molecule has 1 saturated heterocycles. The molecule has 0 bridgehead atoms. The average Bonchev–Trinajstić information content (AvgIpc) is 2.77. The largest absolute Gasteiger partial charge is 0.469 e. The van der Waals surface area contributed by atoms with Gasteiger partial charge in [-0.05, 0) is 43.5 Å². The number of aliphatic imine (C=N–C) groups is 1. The highest BCUT2D eigenvalue weighted by molar-refractivity contribution is 14.0. The predicted molar refractivity (Wildman–Crippen MR) is 126 cm³/mol. The van der Waals surface area contributed by atoms with Gasteiger partial charge < -0.3 is 15.0 Å². The summed E-state index contributed by atoms with van der Waals surface area (Å²) >= 11 is 0. The topological polar surface area (TPSA) is 66.8 Å². The quantitative estimate of drug-likeness (QED) is 0.289. The predicted octanol–water partition coefficient (Wildman–Crippen LogP) is 3.72. The molecule has 1 fully saturated rings. The molecule has 2 heterocycles. The summed E-state index contributed by atoms with van der Waals surface area (Å²) in [7, 11) is 1.46. The summed E-state index contributed by atoms with van der Waals surface area (Å²) in [6.45, 7) is 5.08. The number of guanidine groups is 1. The Bertz CT molecular complexity index is 805. The maximum Gasteiger partial charge on any atom is 0.308 e. The van der Waals surface area contributed by atoms with Crippen LogP contribution in [0.2, 0.25) is 0 Å². The number of methoxy groups -OCH3 is 1. The van der Waals surface area contributed by atoms with Gasteiger partial charge in [-0.1, -0.05) is 24.3 Å². The molecule has 1 aliphatic rings. The number of pyridine rings is 1. The molecule has 156 valence electrons. The third kappa shape index (κ3) is 6.42. The Morgan fingerprint density at radius 3 is 2.69 bits per heavy atom. The molecule has 3 rings (SSSR count). The monoisotopic (exact) mass is 508 g/mol. The zero-order valence-corrected chi connectivity index (χ0v) is 19.3. The van der Waals surface area contributed by atoms with Crippen LogP contribution in [0, 0.1) is 5.92 Å². The summed E-state index contributed by atoms with van der Waals surface area (Å²) in [6, 6.07) is 14.3. The number of ether oxygens (including phenoxy) is 1. The van der Waals surface area contributed by atoms with Crippen molar-refractivity contribution in [3.63, 3.8) is 0 Å². The molecular weight excluding hydrogens is 479 g/mol. The molecule has 6 nitrogen and oxygen atoms in total. The van der Waals surface area contributed by atoms with E-state index in [4.69, 9.17) is 9.73 Å². The number of hydrogen-bond acceptors (Lipinski definition) is 4. The van der Waals surface area contributed by atoms with Crippen molar-refractivity contribution in [1.29, 1.82) is 0 Å². The normalized spacial score (nSPS) is 14.8. The van der Waals surface area contributed by atoms with E-state index in [9.17, 15) is 4.79 Å². The molecular formula is C22H29IN4O2. The van der Waals surface area contributed by atoms with Crippen molar-refractivity contribution in [3.8, 4) is 11.3 Å². The van der Waals surface area contributed by atoms with Crippen LogP contribution in [-0.4, -0.2) is 48.6 Å². The Labute approximate surface area is 189 Å². The van der Waals surface area contributed by atoms with Gasteiger partial charge in [-0.2, -0.15) is 0 Å². The average molecular weight is 508 g/mol. The van der Waals surface area contributed by atoms with Crippen LogP contribution in [0.3, 0.4) is 0 Å². The lowest BCUT2D eigenvalue weighted by molar-refractivity contribution is -0.146. The number of esters is 1. The van der Waals surface area contributed by atoms with E-state index in [1.54, 1.807) is 6.20 Å². The minimum absolute atomic E-state index is 0. The first-order valence-corrected chi connectivity index (χ1v) is 9.82. The Hall–Kier alpha value is -2.16. The number of aromatic nitrogens is 1. The molecule has 2 aromatic rings. The minimum Gasteiger partial charge on any atom is -0.469 e. The Morgan fingerprint density at radius 2 is 2.03 bits per heavy atom. The van der Waals surface area contributed by atoms with Gasteiger partial charge in [0.25, 0.3) is 0 Å². The zero-order chi connectivity index (χ0) is 19.8. The number of nitrogens with one attached hydrogen (secondary N) is 1. The summed E-state index contributed by atoms with van der Waals surface area (Å²) in [5, 5.41) is 3.37. The van der Waals surface area contributed by atoms with E-state index in [1.165, 1.54) is 7.11 Å². The van der Waals surface area contributed by atoms with E-state index in [0.29, 0.717) is 6.54 Å². The highest BCUT2D eigenvalue weighted by Gasteiger charge is 2.26. The van der Waals surface area contributed by atoms with Crippen LogP contribution in [0.5, 0.6) is 0 Å². The van der Waals surface area contributed by atoms with Crippen molar-refractivity contribution < 1.29 is 9.53 Å². The molecule has 7 heteroatoms. The highest BCUT2D eigenvalue weighted by Crippen LogP contribution is 2.20. The standard InChI is InChI=1S/C22H28N4O2.HI/c1-3-23-22(26-13-10-18(11-14-26)21(27)28-2)25-16-17-7-6-8-19(15-17)20-9-4-5-12-24-20;/h4-9,12,15,18H,3,10-11,13-14,16H2,1-2H3,(H,23,25);1H. The van der Waals surface area contributed by atoms with Crippen LogP contribution >= 0.6 is 24.0 Å². The van der Waals surface area contributed by atoms with E-state index in [0.717, 1.165) is 55.3 Å². The fourth-order valence-corrected chi connectivity index (χ4v) is 3.45. The van der Waals surface area contributed by atoms with Crippen molar-refractivity contribution in [2.45, 2.75) is 26.3 Å². The van der Waals surface area contributed by atoms with Gasteiger partial charge in [0.05, 0.1) is 25.3 Å². The number of halogens is 1. The first-order valence-electron chi connectivity index (χ1n) is 9.82. The van der Waals surface area contributed by atoms with Gasteiger partial charge in [-0.25, -0.2) is 4.99 Å². The second kappa shape index (κ2) is 11.7. The van der Waals surface area contributed by atoms with Gasteiger partial charge in [0.15, 0.2) is 5.96 Å². The molecule has 0 radical (unpaired) electrons. The van der Waals surface area contributed by atoms with Gasteiger partial charge in [0.1, 0.15) is 0 Å². The third-order valence-corrected chi connectivity index (χ3v) is 4.96. The Balaban J connectivity index is 0.00000300. The Kier molecular flexibility index (Phi) is 9.37. The molecule has 1 N–H and O–H groups in total. The van der Waals surface area contributed by atoms with Gasteiger partial charge in [0, 0.05) is 31.4 Å². The molecule has 0 saturated carbocycles. The second-order valence-electron chi connectivity index (χ2n) is 6.87. The maximum atomic E-state index is 11.7. The number of hydrogen-bond donors (Lipinski definition) is 1. The van der Waals surface area contributed by atoms with Crippen LogP contribution < -0.4 is 5.32 Å². The molecule has 0 spiro atoms. The molecule has 1 aromatic carbocycles. The smallest absolute Gasteiger partial charge is 0.308 e. The fraction of sp³-hybridized carbons (Fsp3) is 0.409. The summed E-state index contributed by atoms with van der Waals surface area (Å²) < 4.78 is 4.88. The van der Waals surface area contributed by atoms with E-state index in [-0.39, 0.29) is 35.9 Å². The number of carbonyl (C=O) groups is 1. The van der Waals surface area contributed by atoms with Crippen molar-refractivity contribution >= 4 is 35.9 Å². The second-order valence-corrected chi connectivity index (χ2v) is 6.87. The summed E-state index contributed by atoms with van der Waals surface area (Å²) in [4.78, 5) is 23.2. The van der Waals surface area contributed by atoms with E-state index >= 15 is 0 Å².